The van der Waals surface area contributed by atoms with Crippen molar-refractivity contribution in [3.63, 3.8) is 0 Å². The molecular formula is C8H9ClN4. The Morgan fingerprint density at radius 1 is 1.77 bits per heavy atom. The van der Waals surface area contributed by atoms with Gasteiger partial charge in [0.2, 0.25) is 0 Å². The minimum atomic E-state index is -0.0639. The molecular weight excluding hydrogens is 188 g/mol. The van der Waals surface area contributed by atoms with E-state index in [-0.39, 0.29) is 5.92 Å². The number of anilines is 1. The normalized spacial score (nSPS) is 11.8. The molecule has 0 aliphatic heterocycles. The average molecular weight is 197 g/mol. The highest BCUT2D eigenvalue weighted by Gasteiger charge is 2.02. The monoisotopic (exact) mass is 196 g/mol. The van der Waals surface area contributed by atoms with Gasteiger partial charge in [0.1, 0.15) is 17.2 Å². The maximum Gasteiger partial charge on any atom is 0.148 e. The Morgan fingerprint density at radius 2 is 2.54 bits per heavy atom. The summed E-state index contributed by atoms with van der Waals surface area (Å²) >= 11 is 5.78. The lowest BCUT2D eigenvalue weighted by molar-refractivity contribution is 0.782. The lowest BCUT2D eigenvalue weighted by atomic mass is 10.2. The van der Waals surface area contributed by atoms with Gasteiger partial charge < -0.3 is 5.32 Å². The summed E-state index contributed by atoms with van der Waals surface area (Å²) in [6.45, 7) is 2.36. The second kappa shape index (κ2) is 4.63. The third-order valence-corrected chi connectivity index (χ3v) is 1.74. The van der Waals surface area contributed by atoms with Crippen LogP contribution in [0.1, 0.15) is 6.92 Å². The fourth-order valence-electron chi connectivity index (χ4n) is 0.738. The Kier molecular flexibility index (Phi) is 3.47. The van der Waals surface area contributed by atoms with E-state index in [0.29, 0.717) is 17.4 Å². The Bertz CT molecular complexity index is 320. The van der Waals surface area contributed by atoms with E-state index in [1.165, 1.54) is 12.5 Å². The number of hydrogen-bond donors (Lipinski definition) is 1. The fraction of sp³-hybridized carbons (Fsp3) is 0.375. The van der Waals surface area contributed by atoms with Gasteiger partial charge in [0.05, 0.1) is 18.2 Å². The molecule has 0 radical (unpaired) electrons. The average Bonchev–Trinajstić information content (AvgIpc) is 2.16. The van der Waals surface area contributed by atoms with E-state index in [2.05, 4.69) is 21.4 Å². The van der Waals surface area contributed by atoms with E-state index in [1.807, 2.05) is 6.92 Å². The van der Waals surface area contributed by atoms with Crippen molar-refractivity contribution in [2.24, 2.45) is 5.92 Å². The molecule has 0 saturated carbocycles. The molecule has 0 spiro atoms. The highest BCUT2D eigenvalue weighted by atomic mass is 35.5. The number of hydrogen-bond acceptors (Lipinski definition) is 4. The molecule has 0 fully saturated rings. The van der Waals surface area contributed by atoms with Gasteiger partial charge in [-0.1, -0.05) is 11.6 Å². The van der Waals surface area contributed by atoms with Crippen molar-refractivity contribution in [1.82, 2.24) is 9.97 Å². The van der Waals surface area contributed by atoms with Gasteiger partial charge in [-0.15, -0.1) is 0 Å². The molecule has 0 aliphatic carbocycles. The first-order valence-corrected chi connectivity index (χ1v) is 4.21. The Hall–Kier alpha value is -1.34. The summed E-state index contributed by atoms with van der Waals surface area (Å²) in [4.78, 5) is 7.67. The van der Waals surface area contributed by atoms with Crippen LogP contribution >= 0.6 is 11.6 Å². The Balaban J connectivity index is 2.56. The molecule has 1 rings (SSSR count). The van der Waals surface area contributed by atoms with Crippen molar-refractivity contribution in [1.29, 1.82) is 5.26 Å². The van der Waals surface area contributed by atoms with Gasteiger partial charge >= 0.3 is 0 Å². The van der Waals surface area contributed by atoms with E-state index in [0.717, 1.165) is 0 Å². The lowest BCUT2D eigenvalue weighted by Crippen LogP contribution is -2.10. The number of halogens is 1. The van der Waals surface area contributed by atoms with Crippen LogP contribution in [0, 0.1) is 17.2 Å². The van der Waals surface area contributed by atoms with Crippen molar-refractivity contribution in [3.8, 4) is 6.07 Å². The van der Waals surface area contributed by atoms with Crippen LogP contribution in [0.2, 0.25) is 5.02 Å². The minimum absolute atomic E-state index is 0.0639. The highest BCUT2D eigenvalue weighted by molar-refractivity contribution is 6.32. The summed E-state index contributed by atoms with van der Waals surface area (Å²) in [5, 5.41) is 11.9. The Labute approximate surface area is 81.6 Å². The van der Waals surface area contributed by atoms with E-state index >= 15 is 0 Å². The molecule has 1 aromatic rings. The fourth-order valence-corrected chi connectivity index (χ4v) is 0.910. The second-order valence-corrected chi connectivity index (χ2v) is 3.04. The summed E-state index contributed by atoms with van der Waals surface area (Å²) < 4.78 is 0. The minimum Gasteiger partial charge on any atom is -0.367 e. The zero-order chi connectivity index (χ0) is 9.68. The first kappa shape index (κ1) is 9.75. The third-order valence-electron chi connectivity index (χ3n) is 1.46. The van der Waals surface area contributed by atoms with Crippen LogP contribution in [0.25, 0.3) is 0 Å². The summed E-state index contributed by atoms with van der Waals surface area (Å²) in [5.74, 6) is 0.504. The second-order valence-electron chi connectivity index (χ2n) is 2.63. The molecule has 0 aliphatic rings. The van der Waals surface area contributed by atoms with Crippen LogP contribution in [0.4, 0.5) is 5.82 Å². The maximum atomic E-state index is 8.53. The van der Waals surface area contributed by atoms with Crippen molar-refractivity contribution >= 4 is 17.4 Å². The molecule has 5 heteroatoms. The van der Waals surface area contributed by atoms with Gasteiger partial charge in [-0.25, -0.2) is 9.97 Å². The topological polar surface area (TPSA) is 61.6 Å². The highest BCUT2D eigenvalue weighted by Crippen LogP contribution is 2.15. The summed E-state index contributed by atoms with van der Waals surface area (Å²) in [5.41, 5.74) is 0. The number of nitrogens with one attached hydrogen (secondary N) is 1. The third kappa shape index (κ3) is 2.88. The molecule has 1 heterocycles. The molecule has 0 bridgehead atoms. The van der Waals surface area contributed by atoms with E-state index in [4.69, 9.17) is 16.9 Å². The predicted octanol–water partition coefficient (Wildman–Crippen LogP) is 1.70. The number of aromatic nitrogens is 2. The molecule has 1 unspecified atom stereocenters. The van der Waals surface area contributed by atoms with Gasteiger partial charge in [-0.3, -0.25) is 0 Å². The molecule has 68 valence electrons. The molecule has 0 saturated heterocycles. The van der Waals surface area contributed by atoms with E-state index in [9.17, 15) is 0 Å². The quantitative estimate of drug-likeness (QED) is 0.800. The van der Waals surface area contributed by atoms with E-state index < -0.39 is 0 Å². The van der Waals surface area contributed by atoms with Crippen molar-refractivity contribution in [2.45, 2.75) is 6.92 Å². The smallest absolute Gasteiger partial charge is 0.148 e. The molecule has 1 atom stereocenters. The van der Waals surface area contributed by atoms with Crippen molar-refractivity contribution in [2.75, 3.05) is 11.9 Å². The van der Waals surface area contributed by atoms with Crippen LogP contribution in [-0.2, 0) is 0 Å². The summed E-state index contributed by atoms with van der Waals surface area (Å²) in [6.07, 6.45) is 2.92. The number of nitriles is 1. The molecule has 1 aromatic heterocycles. The van der Waals surface area contributed by atoms with Gasteiger partial charge in [-0.05, 0) is 6.92 Å². The van der Waals surface area contributed by atoms with Crippen molar-refractivity contribution in [3.05, 3.63) is 17.5 Å². The zero-order valence-electron chi connectivity index (χ0n) is 7.16. The lowest BCUT2D eigenvalue weighted by Gasteiger charge is -2.06. The van der Waals surface area contributed by atoms with Gasteiger partial charge in [0, 0.05) is 6.54 Å². The van der Waals surface area contributed by atoms with Crippen LogP contribution in [0.5, 0.6) is 0 Å². The standard InChI is InChI=1S/C8H9ClN4/c1-6(2-10)3-12-8-7(9)4-11-5-13-8/h4-6H,3H2,1H3,(H,11,12,13). The molecule has 0 amide bonds. The number of nitrogens with zero attached hydrogens (tertiary/aromatic N) is 3. The summed E-state index contributed by atoms with van der Waals surface area (Å²) in [7, 11) is 0. The summed E-state index contributed by atoms with van der Waals surface area (Å²) in [6, 6.07) is 2.11. The van der Waals surface area contributed by atoms with Crippen LogP contribution < -0.4 is 5.32 Å². The SMILES string of the molecule is CC(C#N)CNc1ncncc1Cl. The number of rotatable bonds is 3. The molecule has 4 nitrogen and oxygen atoms in total. The first-order valence-electron chi connectivity index (χ1n) is 3.83. The van der Waals surface area contributed by atoms with Crippen molar-refractivity contribution < 1.29 is 0 Å². The van der Waals surface area contributed by atoms with Crippen LogP contribution in [0.3, 0.4) is 0 Å². The molecule has 1 N–H and O–H groups in total. The Morgan fingerprint density at radius 3 is 3.15 bits per heavy atom. The van der Waals surface area contributed by atoms with Crippen LogP contribution in [-0.4, -0.2) is 16.5 Å². The van der Waals surface area contributed by atoms with Crippen LogP contribution in [0.15, 0.2) is 12.5 Å². The van der Waals surface area contributed by atoms with E-state index in [1.54, 1.807) is 0 Å². The van der Waals surface area contributed by atoms with Gasteiger partial charge in [-0.2, -0.15) is 5.26 Å². The molecule has 13 heavy (non-hydrogen) atoms. The first-order chi connectivity index (χ1) is 6.24. The zero-order valence-corrected chi connectivity index (χ0v) is 7.91. The molecule has 0 aromatic carbocycles. The maximum absolute atomic E-state index is 8.53. The largest absolute Gasteiger partial charge is 0.367 e. The predicted molar refractivity (Wildman–Crippen MR) is 50.3 cm³/mol. The van der Waals surface area contributed by atoms with Gasteiger partial charge in [0.25, 0.3) is 0 Å². The van der Waals surface area contributed by atoms with Gasteiger partial charge in [0.15, 0.2) is 0 Å².